The Morgan fingerprint density at radius 3 is 2.25 bits per heavy atom. The van der Waals surface area contributed by atoms with Gasteiger partial charge in [-0.25, -0.2) is 0 Å². The molecule has 0 spiro atoms. The van der Waals surface area contributed by atoms with Crippen LogP contribution < -0.4 is 0 Å². The Kier molecular flexibility index (Phi) is 2.07. The maximum atomic E-state index is 7.90. The highest BCUT2D eigenvalue weighted by Crippen LogP contribution is 2.33. The second-order valence-corrected chi connectivity index (χ2v) is 4.21. The van der Waals surface area contributed by atoms with Crippen LogP contribution in [0.1, 0.15) is 38.5 Å². The molecule has 0 amide bonds. The van der Waals surface area contributed by atoms with E-state index in [1.165, 1.54) is 38.5 Å². The van der Waals surface area contributed by atoms with Crippen molar-refractivity contribution >= 4 is 5.84 Å². The molecule has 0 aromatic carbocycles. The number of nitrogens with one attached hydrogen (secondary N) is 1. The second kappa shape index (κ2) is 3.08. The topological polar surface area (TPSA) is 27.1 Å². The standard InChI is InChI=1S/C10H18N2/c1-12(9-4-2-3-5-9)10(11)8-6-7-8/h8-9,11H,2-7H2,1H3. The summed E-state index contributed by atoms with van der Waals surface area (Å²) in [4.78, 5) is 2.23. The molecule has 0 unspecified atom stereocenters. The molecule has 2 rings (SSSR count). The molecule has 2 heteroatoms. The van der Waals surface area contributed by atoms with Crippen LogP contribution in [0.25, 0.3) is 0 Å². The molecule has 0 bridgehead atoms. The average Bonchev–Trinajstić information content (AvgIpc) is 2.79. The van der Waals surface area contributed by atoms with Crippen molar-refractivity contribution in [3.63, 3.8) is 0 Å². The van der Waals surface area contributed by atoms with Gasteiger partial charge in [0.05, 0.1) is 5.84 Å². The largest absolute Gasteiger partial charge is 0.360 e. The third-order valence-corrected chi connectivity index (χ3v) is 3.22. The van der Waals surface area contributed by atoms with Crippen molar-refractivity contribution in [2.45, 2.75) is 44.6 Å². The summed E-state index contributed by atoms with van der Waals surface area (Å²) in [5.74, 6) is 1.53. The zero-order valence-electron chi connectivity index (χ0n) is 7.84. The Labute approximate surface area is 74.5 Å². The smallest absolute Gasteiger partial charge is 0.0989 e. The van der Waals surface area contributed by atoms with E-state index < -0.39 is 0 Å². The van der Waals surface area contributed by atoms with Crippen LogP contribution in [0.5, 0.6) is 0 Å². The SMILES string of the molecule is CN(C(=N)C1CC1)C1CCCC1. The van der Waals surface area contributed by atoms with E-state index in [0.717, 1.165) is 5.84 Å². The van der Waals surface area contributed by atoms with Crippen molar-refractivity contribution in [1.82, 2.24) is 4.90 Å². The van der Waals surface area contributed by atoms with E-state index in [9.17, 15) is 0 Å². The lowest BCUT2D eigenvalue weighted by Gasteiger charge is -2.26. The van der Waals surface area contributed by atoms with Gasteiger partial charge in [-0.05, 0) is 25.7 Å². The highest BCUT2D eigenvalue weighted by Gasteiger charge is 2.32. The molecular weight excluding hydrogens is 148 g/mol. The Morgan fingerprint density at radius 2 is 1.75 bits per heavy atom. The van der Waals surface area contributed by atoms with Gasteiger partial charge in [0.15, 0.2) is 0 Å². The third kappa shape index (κ3) is 1.47. The molecular formula is C10H18N2. The quantitative estimate of drug-likeness (QED) is 0.494. The zero-order valence-corrected chi connectivity index (χ0v) is 7.84. The fraction of sp³-hybridized carbons (Fsp3) is 0.900. The summed E-state index contributed by atoms with van der Waals surface area (Å²) in [7, 11) is 2.11. The first-order chi connectivity index (χ1) is 5.79. The molecule has 12 heavy (non-hydrogen) atoms. The number of hydrogen-bond acceptors (Lipinski definition) is 1. The fourth-order valence-electron chi connectivity index (χ4n) is 2.13. The lowest BCUT2D eigenvalue weighted by atomic mass is 10.2. The van der Waals surface area contributed by atoms with Crippen molar-refractivity contribution in [3.05, 3.63) is 0 Å². The van der Waals surface area contributed by atoms with Gasteiger partial charge >= 0.3 is 0 Å². The molecule has 2 aliphatic carbocycles. The van der Waals surface area contributed by atoms with E-state index in [-0.39, 0.29) is 0 Å². The van der Waals surface area contributed by atoms with Crippen molar-refractivity contribution in [1.29, 1.82) is 5.41 Å². The van der Waals surface area contributed by atoms with Gasteiger partial charge < -0.3 is 4.90 Å². The number of amidine groups is 1. The van der Waals surface area contributed by atoms with Gasteiger partial charge in [0.25, 0.3) is 0 Å². The van der Waals surface area contributed by atoms with E-state index in [1.54, 1.807) is 0 Å². The maximum Gasteiger partial charge on any atom is 0.0989 e. The monoisotopic (exact) mass is 166 g/mol. The fourth-order valence-corrected chi connectivity index (χ4v) is 2.13. The Morgan fingerprint density at radius 1 is 1.17 bits per heavy atom. The molecule has 0 aliphatic heterocycles. The van der Waals surface area contributed by atoms with Gasteiger partial charge in [-0.15, -0.1) is 0 Å². The third-order valence-electron chi connectivity index (χ3n) is 3.22. The molecule has 68 valence electrons. The number of nitrogens with zero attached hydrogens (tertiary/aromatic N) is 1. The molecule has 0 atom stereocenters. The van der Waals surface area contributed by atoms with Crippen LogP contribution in [0, 0.1) is 11.3 Å². The first-order valence-corrected chi connectivity index (χ1v) is 5.10. The van der Waals surface area contributed by atoms with E-state index in [1.807, 2.05) is 0 Å². The normalized spacial score (nSPS) is 24.4. The predicted molar refractivity (Wildman–Crippen MR) is 50.5 cm³/mol. The van der Waals surface area contributed by atoms with Gasteiger partial charge in [0.1, 0.15) is 0 Å². The maximum absolute atomic E-state index is 7.90. The van der Waals surface area contributed by atoms with Crippen LogP contribution in [0.2, 0.25) is 0 Å². The van der Waals surface area contributed by atoms with E-state index in [2.05, 4.69) is 11.9 Å². The first kappa shape index (κ1) is 8.09. The highest BCUT2D eigenvalue weighted by molar-refractivity contribution is 5.83. The summed E-state index contributed by atoms with van der Waals surface area (Å²) < 4.78 is 0. The summed E-state index contributed by atoms with van der Waals surface area (Å²) in [6.45, 7) is 0. The first-order valence-electron chi connectivity index (χ1n) is 5.10. The minimum absolute atomic E-state index is 0.621. The lowest BCUT2D eigenvalue weighted by molar-refractivity contribution is 0.360. The minimum Gasteiger partial charge on any atom is -0.360 e. The summed E-state index contributed by atoms with van der Waals surface area (Å²) in [6.07, 6.45) is 7.88. The molecule has 0 aromatic heterocycles. The molecule has 0 radical (unpaired) electrons. The molecule has 2 nitrogen and oxygen atoms in total. The predicted octanol–water partition coefficient (Wildman–Crippen LogP) is 2.25. The second-order valence-electron chi connectivity index (χ2n) is 4.21. The van der Waals surface area contributed by atoms with Crippen LogP contribution >= 0.6 is 0 Å². The van der Waals surface area contributed by atoms with E-state index >= 15 is 0 Å². The summed E-state index contributed by atoms with van der Waals surface area (Å²) in [6, 6.07) is 0.693. The van der Waals surface area contributed by atoms with Crippen molar-refractivity contribution in [2.24, 2.45) is 5.92 Å². The molecule has 1 N–H and O–H groups in total. The number of rotatable bonds is 2. The molecule has 2 saturated carbocycles. The van der Waals surface area contributed by atoms with Gasteiger partial charge in [-0.2, -0.15) is 0 Å². The molecule has 0 heterocycles. The lowest BCUT2D eigenvalue weighted by Crippen LogP contribution is -2.35. The number of hydrogen-bond donors (Lipinski definition) is 1. The van der Waals surface area contributed by atoms with Crippen LogP contribution in [0.15, 0.2) is 0 Å². The molecule has 2 fully saturated rings. The van der Waals surface area contributed by atoms with Gasteiger partial charge in [-0.1, -0.05) is 12.8 Å². The summed E-state index contributed by atoms with van der Waals surface area (Å²) in [5.41, 5.74) is 0. The molecule has 0 saturated heterocycles. The Balaban J connectivity index is 1.88. The summed E-state index contributed by atoms with van der Waals surface area (Å²) >= 11 is 0. The van der Waals surface area contributed by atoms with Gasteiger partial charge in [-0.3, -0.25) is 5.41 Å². The van der Waals surface area contributed by atoms with Gasteiger partial charge in [0, 0.05) is 19.0 Å². The van der Waals surface area contributed by atoms with Crippen LogP contribution in [0.3, 0.4) is 0 Å². The van der Waals surface area contributed by atoms with Gasteiger partial charge in [0.2, 0.25) is 0 Å². The minimum atomic E-state index is 0.621. The molecule has 2 aliphatic rings. The summed E-state index contributed by atoms with van der Waals surface area (Å²) in [5, 5.41) is 7.90. The Hall–Kier alpha value is -0.530. The van der Waals surface area contributed by atoms with E-state index in [4.69, 9.17) is 5.41 Å². The van der Waals surface area contributed by atoms with Crippen LogP contribution in [0.4, 0.5) is 0 Å². The van der Waals surface area contributed by atoms with Crippen molar-refractivity contribution < 1.29 is 0 Å². The van der Waals surface area contributed by atoms with Crippen molar-refractivity contribution in [3.8, 4) is 0 Å². The average molecular weight is 166 g/mol. The zero-order chi connectivity index (χ0) is 8.55. The van der Waals surface area contributed by atoms with Crippen LogP contribution in [-0.2, 0) is 0 Å². The Bertz CT molecular complexity index is 178. The van der Waals surface area contributed by atoms with Crippen molar-refractivity contribution in [2.75, 3.05) is 7.05 Å². The molecule has 0 aromatic rings. The van der Waals surface area contributed by atoms with Crippen LogP contribution in [-0.4, -0.2) is 23.8 Å². The highest BCUT2D eigenvalue weighted by atomic mass is 15.2. The van der Waals surface area contributed by atoms with E-state index in [0.29, 0.717) is 12.0 Å².